The van der Waals surface area contributed by atoms with Gasteiger partial charge in [-0.3, -0.25) is 4.79 Å². The molecule has 2 N–H and O–H groups in total. The number of ether oxygens (including phenoxy) is 1. The molecule has 1 aromatic rings. The summed E-state index contributed by atoms with van der Waals surface area (Å²) in [5.74, 6) is 0.917. The van der Waals surface area contributed by atoms with Gasteiger partial charge in [-0.25, -0.2) is 0 Å². The quantitative estimate of drug-likeness (QED) is 0.844. The summed E-state index contributed by atoms with van der Waals surface area (Å²) < 4.78 is 5.68. The summed E-state index contributed by atoms with van der Waals surface area (Å²) >= 11 is 0. The zero-order valence-corrected chi connectivity index (χ0v) is 13.1. The molecule has 0 aromatic heterocycles. The van der Waals surface area contributed by atoms with E-state index in [1.807, 2.05) is 18.2 Å². The van der Waals surface area contributed by atoms with E-state index in [0.29, 0.717) is 12.3 Å². The number of anilines is 2. The van der Waals surface area contributed by atoms with Crippen LogP contribution in [0.3, 0.4) is 0 Å². The summed E-state index contributed by atoms with van der Waals surface area (Å²) in [7, 11) is 3.60. The number of carbonyl (C=O) groups is 1. The van der Waals surface area contributed by atoms with E-state index in [9.17, 15) is 4.79 Å². The number of carbonyl (C=O) groups excluding carboxylic acids is 1. The molecule has 0 radical (unpaired) electrons. The molecule has 1 fully saturated rings. The number of likely N-dealkylation sites (N-methyl/N-ethyl adjacent to an activating group) is 1. The minimum absolute atomic E-state index is 0.0965. The van der Waals surface area contributed by atoms with Crippen LogP contribution in [0.4, 0.5) is 11.4 Å². The number of amides is 1. The van der Waals surface area contributed by atoms with Crippen LogP contribution in [-0.2, 0) is 4.79 Å². The van der Waals surface area contributed by atoms with Crippen LogP contribution >= 0.6 is 0 Å². The second-order valence-corrected chi connectivity index (χ2v) is 5.69. The first-order valence-electron chi connectivity index (χ1n) is 7.54. The molecule has 2 rings (SSSR count). The average molecular weight is 291 g/mol. The zero-order valence-electron chi connectivity index (χ0n) is 13.1. The number of nitrogens with zero attached hydrogens (tertiary/aromatic N) is 2. The van der Waals surface area contributed by atoms with Crippen LogP contribution in [0.25, 0.3) is 0 Å². The van der Waals surface area contributed by atoms with E-state index < -0.39 is 0 Å². The van der Waals surface area contributed by atoms with Gasteiger partial charge in [0.1, 0.15) is 11.8 Å². The van der Waals surface area contributed by atoms with Crippen LogP contribution in [0.5, 0.6) is 5.75 Å². The van der Waals surface area contributed by atoms with Crippen molar-refractivity contribution in [2.24, 2.45) is 0 Å². The molecule has 1 aliphatic heterocycles. The second-order valence-electron chi connectivity index (χ2n) is 5.69. The van der Waals surface area contributed by atoms with E-state index in [-0.39, 0.29) is 11.9 Å². The summed E-state index contributed by atoms with van der Waals surface area (Å²) in [6.45, 7) is 3.61. The number of rotatable bonds is 5. The average Bonchev–Trinajstić information content (AvgIpc) is 2.92. The zero-order chi connectivity index (χ0) is 15.4. The summed E-state index contributed by atoms with van der Waals surface area (Å²) in [6.07, 6.45) is 2.86. The van der Waals surface area contributed by atoms with Crippen molar-refractivity contribution >= 4 is 17.3 Å². The van der Waals surface area contributed by atoms with Crippen LogP contribution < -0.4 is 15.4 Å². The van der Waals surface area contributed by atoms with E-state index in [1.54, 1.807) is 19.0 Å². The maximum Gasteiger partial charge on any atom is 0.244 e. The summed E-state index contributed by atoms with van der Waals surface area (Å²) in [5, 5.41) is 0. The van der Waals surface area contributed by atoms with Crippen molar-refractivity contribution in [1.29, 1.82) is 0 Å². The molecule has 0 aliphatic carbocycles. The summed E-state index contributed by atoms with van der Waals surface area (Å²) in [4.78, 5) is 16.1. The van der Waals surface area contributed by atoms with Crippen molar-refractivity contribution in [3.05, 3.63) is 18.2 Å². The van der Waals surface area contributed by atoms with Crippen LogP contribution in [0, 0.1) is 0 Å². The Hall–Kier alpha value is -1.91. The van der Waals surface area contributed by atoms with Gasteiger partial charge < -0.3 is 20.3 Å². The normalized spacial score (nSPS) is 17.9. The molecule has 1 amide bonds. The predicted octanol–water partition coefficient (Wildman–Crippen LogP) is 2.11. The minimum atomic E-state index is -0.0965. The molecular formula is C16H25N3O2. The van der Waals surface area contributed by atoms with E-state index >= 15 is 0 Å². The fourth-order valence-electron chi connectivity index (χ4n) is 2.71. The third-order valence-electron chi connectivity index (χ3n) is 3.70. The Morgan fingerprint density at radius 3 is 2.86 bits per heavy atom. The topological polar surface area (TPSA) is 58.8 Å². The van der Waals surface area contributed by atoms with Gasteiger partial charge in [0, 0.05) is 44.1 Å². The molecule has 21 heavy (non-hydrogen) atoms. The Kier molecular flexibility index (Phi) is 4.94. The molecular weight excluding hydrogens is 266 g/mol. The highest BCUT2D eigenvalue weighted by Gasteiger charge is 2.32. The fraction of sp³-hybridized carbons (Fsp3) is 0.562. The van der Waals surface area contributed by atoms with Crippen LogP contribution in [-0.4, -0.2) is 44.1 Å². The van der Waals surface area contributed by atoms with Crippen molar-refractivity contribution in [1.82, 2.24) is 4.90 Å². The first-order chi connectivity index (χ1) is 10.0. The van der Waals surface area contributed by atoms with Gasteiger partial charge in [-0.1, -0.05) is 6.92 Å². The Bertz CT molecular complexity index is 502. The van der Waals surface area contributed by atoms with E-state index in [4.69, 9.17) is 10.5 Å². The maximum absolute atomic E-state index is 12.3. The van der Waals surface area contributed by atoms with Gasteiger partial charge in [-0.05, 0) is 25.3 Å². The molecule has 5 nitrogen and oxygen atoms in total. The van der Waals surface area contributed by atoms with E-state index in [0.717, 1.165) is 37.2 Å². The second kappa shape index (κ2) is 6.70. The summed E-state index contributed by atoms with van der Waals surface area (Å²) in [5.41, 5.74) is 7.62. The number of nitrogens with two attached hydrogens (primary N) is 1. The monoisotopic (exact) mass is 291 g/mol. The van der Waals surface area contributed by atoms with Crippen LogP contribution in [0.2, 0.25) is 0 Å². The highest BCUT2D eigenvalue weighted by Crippen LogP contribution is 2.31. The molecule has 1 atom stereocenters. The molecule has 0 bridgehead atoms. The molecule has 1 aliphatic rings. The van der Waals surface area contributed by atoms with Crippen molar-refractivity contribution in [2.75, 3.05) is 37.9 Å². The lowest BCUT2D eigenvalue weighted by molar-refractivity contribution is -0.129. The molecule has 5 heteroatoms. The van der Waals surface area contributed by atoms with Crippen molar-refractivity contribution in [2.45, 2.75) is 32.2 Å². The standard InChI is InChI=1S/C16H25N3O2/c1-4-8-21-14-10-12(17)9-13(11-14)19-7-5-6-15(19)16(20)18(2)3/h9-11,15H,4-8,17H2,1-3H3. The smallest absolute Gasteiger partial charge is 0.244 e. The first kappa shape index (κ1) is 15.5. The molecule has 1 unspecified atom stereocenters. The number of benzene rings is 1. The molecule has 1 aromatic carbocycles. The fourth-order valence-corrected chi connectivity index (χ4v) is 2.71. The molecule has 116 valence electrons. The first-order valence-corrected chi connectivity index (χ1v) is 7.54. The van der Waals surface area contributed by atoms with Gasteiger partial charge >= 0.3 is 0 Å². The highest BCUT2D eigenvalue weighted by molar-refractivity contribution is 5.86. The van der Waals surface area contributed by atoms with Crippen molar-refractivity contribution in [3.63, 3.8) is 0 Å². The lowest BCUT2D eigenvalue weighted by Gasteiger charge is -2.28. The van der Waals surface area contributed by atoms with Crippen molar-refractivity contribution < 1.29 is 9.53 Å². The van der Waals surface area contributed by atoms with Gasteiger partial charge in [-0.2, -0.15) is 0 Å². The Morgan fingerprint density at radius 2 is 2.19 bits per heavy atom. The van der Waals surface area contributed by atoms with Crippen LogP contribution in [0.15, 0.2) is 18.2 Å². The third kappa shape index (κ3) is 3.60. The largest absolute Gasteiger partial charge is 0.493 e. The lowest BCUT2D eigenvalue weighted by Crippen LogP contribution is -2.42. The predicted molar refractivity (Wildman–Crippen MR) is 85.7 cm³/mol. The van der Waals surface area contributed by atoms with Gasteiger partial charge in [0.2, 0.25) is 5.91 Å². The van der Waals surface area contributed by atoms with Crippen LogP contribution in [0.1, 0.15) is 26.2 Å². The van der Waals surface area contributed by atoms with Gasteiger partial charge in [0.05, 0.1) is 6.61 Å². The maximum atomic E-state index is 12.3. The number of nitrogen functional groups attached to an aromatic ring is 1. The van der Waals surface area contributed by atoms with Gasteiger partial charge in [-0.15, -0.1) is 0 Å². The van der Waals surface area contributed by atoms with Crippen molar-refractivity contribution in [3.8, 4) is 5.75 Å². The van der Waals surface area contributed by atoms with E-state index in [1.165, 1.54) is 0 Å². The Morgan fingerprint density at radius 1 is 1.43 bits per heavy atom. The summed E-state index contributed by atoms with van der Waals surface area (Å²) in [6, 6.07) is 5.63. The number of hydrogen-bond donors (Lipinski definition) is 1. The third-order valence-corrected chi connectivity index (χ3v) is 3.70. The Balaban J connectivity index is 2.23. The lowest BCUT2D eigenvalue weighted by atomic mass is 10.1. The Labute approximate surface area is 126 Å². The highest BCUT2D eigenvalue weighted by atomic mass is 16.5. The SMILES string of the molecule is CCCOc1cc(N)cc(N2CCCC2C(=O)N(C)C)c1. The molecule has 1 saturated heterocycles. The molecule has 0 saturated carbocycles. The van der Waals surface area contributed by atoms with Gasteiger partial charge in [0.25, 0.3) is 0 Å². The van der Waals surface area contributed by atoms with Gasteiger partial charge in [0.15, 0.2) is 0 Å². The molecule has 1 heterocycles. The molecule has 0 spiro atoms. The number of hydrogen-bond acceptors (Lipinski definition) is 4. The van der Waals surface area contributed by atoms with E-state index in [2.05, 4.69) is 11.8 Å². The minimum Gasteiger partial charge on any atom is -0.493 e.